The molecule has 3 rings (SSSR count). The molecule has 1 nitrogen and oxygen atoms in total. The van der Waals surface area contributed by atoms with Crippen LogP contribution in [0.2, 0.25) is 10.0 Å². The molecule has 0 aliphatic carbocycles. The van der Waals surface area contributed by atoms with E-state index in [9.17, 15) is 4.79 Å². The van der Waals surface area contributed by atoms with Crippen molar-refractivity contribution in [3.63, 3.8) is 0 Å². The molecule has 0 saturated carbocycles. The molecule has 0 bridgehead atoms. The summed E-state index contributed by atoms with van der Waals surface area (Å²) in [5.74, 6) is 0.138. The van der Waals surface area contributed by atoms with Crippen molar-refractivity contribution in [2.45, 2.75) is 30.4 Å². The highest BCUT2D eigenvalue weighted by Crippen LogP contribution is 2.39. The minimum Gasteiger partial charge on any atom is -0.294 e. The normalized spacial score (nSPS) is 12.0. The third-order valence-corrected chi connectivity index (χ3v) is 6.31. The number of hydrogen-bond donors (Lipinski definition) is 0. The zero-order valence-electron chi connectivity index (χ0n) is 15.2. The average molecular weight is 415 g/mol. The number of benzene rings is 3. The molecule has 0 heterocycles. The Morgan fingerprint density at radius 2 is 1.44 bits per heavy atom. The molecule has 1 atom stereocenters. The minimum absolute atomic E-state index is 0.00227. The first-order valence-corrected chi connectivity index (χ1v) is 10.3. The first kappa shape index (κ1) is 20.0. The number of thioether (sulfide) groups is 1. The molecule has 0 spiro atoms. The van der Waals surface area contributed by atoms with Crippen LogP contribution < -0.4 is 0 Å². The van der Waals surface area contributed by atoms with Crippen LogP contribution in [0.25, 0.3) is 0 Å². The van der Waals surface area contributed by atoms with Crippen molar-refractivity contribution in [3.05, 3.63) is 99.0 Å². The van der Waals surface area contributed by atoms with E-state index in [1.165, 1.54) is 5.56 Å². The van der Waals surface area contributed by atoms with Crippen LogP contribution >= 0.6 is 35.0 Å². The summed E-state index contributed by atoms with van der Waals surface area (Å²) in [6, 6.07) is 21.3. The number of ketones is 1. The number of carbonyl (C=O) groups is 1. The Hall–Kier alpha value is -1.74. The van der Waals surface area contributed by atoms with Crippen molar-refractivity contribution in [3.8, 4) is 0 Å². The summed E-state index contributed by atoms with van der Waals surface area (Å²) in [7, 11) is 0. The molecule has 3 aromatic carbocycles. The standard InChI is InChI=1S/C23H20Cl2OS/c1-15-3-4-18(13-16(15)2)22(26)14-23(17-5-7-19(24)8-6-17)27-21-11-9-20(25)10-12-21/h3-13,23H,14H2,1-2H3. The smallest absolute Gasteiger partial charge is 0.164 e. The van der Waals surface area contributed by atoms with Gasteiger partial charge in [-0.1, -0.05) is 47.5 Å². The fourth-order valence-corrected chi connectivity index (χ4v) is 4.19. The number of aryl methyl sites for hydroxylation is 2. The molecule has 3 aromatic rings. The maximum Gasteiger partial charge on any atom is 0.164 e. The van der Waals surface area contributed by atoms with Crippen LogP contribution in [0.1, 0.15) is 38.7 Å². The van der Waals surface area contributed by atoms with Crippen LogP contribution in [0.4, 0.5) is 0 Å². The van der Waals surface area contributed by atoms with Crippen molar-refractivity contribution < 1.29 is 4.79 Å². The van der Waals surface area contributed by atoms with Gasteiger partial charge in [-0.3, -0.25) is 4.79 Å². The quantitative estimate of drug-likeness (QED) is 0.303. The van der Waals surface area contributed by atoms with E-state index in [-0.39, 0.29) is 11.0 Å². The fraction of sp³-hybridized carbons (Fsp3) is 0.174. The highest BCUT2D eigenvalue weighted by molar-refractivity contribution is 7.99. The molecule has 27 heavy (non-hydrogen) atoms. The molecular weight excluding hydrogens is 395 g/mol. The molecule has 4 heteroatoms. The van der Waals surface area contributed by atoms with E-state index in [0.717, 1.165) is 21.6 Å². The van der Waals surface area contributed by atoms with Crippen molar-refractivity contribution >= 4 is 40.7 Å². The van der Waals surface area contributed by atoms with Gasteiger partial charge >= 0.3 is 0 Å². The average Bonchev–Trinajstić information content (AvgIpc) is 2.65. The van der Waals surface area contributed by atoms with Crippen LogP contribution in [0.3, 0.4) is 0 Å². The monoisotopic (exact) mass is 414 g/mol. The summed E-state index contributed by atoms with van der Waals surface area (Å²) in [6.07, 6.45) is 0.414. The Bertz CT molecular complexity index is 934. The highest BCUT2D eigenvalue weighted by Gasteiger charge is 2.19. The number of carbonyl (C=O) groups excluding carboxylic acids is 1. The summed E-state index contributed by atoms with van der Waals surface area (Å²) in [5.41, 5.74) is 4.16. The van der Waals surface area contributed by atoms with E-state index in [2.05, 4.69) is 6.92 Å². The predicted molar refractivity (Wildman–Crippen MR) is 116 cm³/mol. The SMILES string of the molecule is Cc1ccc(C(=O)CC(Sc2ccc(Cl)cc2)c2ccc(Cl)cc2)cc1C. The van der Waals surface area contributed by atoms with Crippen LogP contribution in [0.5, 0.6) is 0 Å². The van der Waals surface area contributed by atoms with Crippen LogP contribution in [0, 0.1) is 13.8 Å². The van der Waals surface area contributed by atoms with Gasteiger partial charge in [0, 0.05) is 32.2 Å². The second-order valence-corrected chi connectivity index (χ2v) is 8.69. The third-order valence-electron chi connectivity index (χ3n) is 4.53. The third kappa shape index (κ3) is 5.38. The van der Waals surface area contributed by atoms with E-state index >= 15 is 0 Å². The Labute approximate surface area is 174 Å². The molecule has 0 radical (unpaired) electrons. The van der Waals surface area contributed by atoms with Gasteiger partial charge in [0.15, 0.2) is 5.78 Å². The Morgan fingerprint density at radius 3 is 2.04 bits per heavy atom. The van der Waals surface area contributed by atoms with E-state index in [4.69, 9.17) is 23.2 Å². The van der Waals surface area contributed by atoms with Gasteiger partial charge in [-0.25, -0.2) is 0 Å². The van der Waals surface area contributed by atoms with Gasteiger partial charge in [0.1, 0.15) is 0 Å². The topological polar surface area (TPSA) is 17.1 Å². The molecular formula is C23H20Cl2OS. The van der Waals surface area contributed by atoms with Gasteiger partial charge in [-0.2, -0.15) is 0 Å². The van der Waals surface area contributed by atoms with E-state index < -0.39 is 0 Å². The molecule has 0 aromatic heterocycles. The van der Waals surface area contributed by atoms with Gasteiger partial charge in [0.05, 0.1) is 0 Å². The summed E-state index contributed by atoms with van der Waals surface area (Å²) < 4.78 is 0. The summed E-state index contributed by atoms with van der Waals surface area (Å²) in [4.78, 5) is 14.0. The zero-order valence-corrected chi connectivity index (χ0v) is 17.5. The van der Waals surface area contributed by atoms with Crippen molar-refractivity contribution in [1.82, 2.24) is 0 Å². The lowest BCUT2D eigenvalue weighted by Gasteiger charge is -2.17. The zero-order chi connectivity index (χ0) is 19.4. The van der Waals surface area contributed by atoms with Crippen LogP contribution in [-0.2, 0) is 0 Å². The first-order valence-electron chi connectivity index (χ1n) is 8.70. The highest BCUT2D eigenvalue weighted by atomic mass is 35.5. The van der Waals surface area contributed by atoms with Gasteiger partial charge in [0.25, 0.3) is 0 Å². The summed E-state index contributed by atoms with van der Waals surface area (Å²) in [6.45, 7) is 4.09. The van der Waals surface area contributed by atoms with Crippen LogP contribution in [-0.4, -0.2) is 5.78 Å². The lowest BCUT2D eigenvalue weighted by molar-refractivity contribution is 0.0982. The summed E-state index contributed by atoms with van der Waals surface area (Å²) >= 11 is 13.7. The Balaban J connectivity index is 1.86. The van der Waals surface area contributed by atoms with Crippen molar-refractivity contribution in [2.75, 3.05) is 0 Å². The molecule has 1 unspecified atom stereocenters. The molecule has 0 saturated heterocycles. The first-order chi connectivity index (χ1) is 12.9. The van der Waals surface area contributed by atoms with Gasteiger partial charge in [-0.05, 0) is 73.0 Å². The Kier molecular flexibility index (Phi) is 6.64. The number of hydrogen-bond acceptors (Lipinski definition) is 2. The maximum absolute atomic E-state index is 12.9. The van der Waals surface area contributed by atoms with Gasteiger partial charge < -0.3 is 0 Å². The second-order valence-electron chi connectivity index (χ2n) is 6.54. The maximum atomic E-state index is 12.9. The number of halogens is 2. The molecule has 0 aliphatic rings. The molecule has 0 aliphatic heterocycles. The van der Waals surface area contributed by atoms with E-state index in [0.29, 0.717) is 16.5 Å². The molecule has 138 valence electrons. The largest absolute Gasteiger partial charge is 0.294 e. The van der Waals surface area contributed by atoms with Crippen molar-refractivity contribution in [2.24, 2.45) is 0 Å². The fourth-order valence-electron chi connectivity index (χ4n) is 2.78. The lowest BCUT2D eigenvalue weighted by Crippen LogP contribution is -2.06. The Morgan fingerprint density at radius 1 is 0.852 bits per heavy atom. The number of Topliss-reactive ketones (excluding diaryl/α,β-unsaturated/α-hetero) is 1. The van der Waals surface area contributed by atoms with Crippen molar-refractivity contribution in [1.29, 1.82) is 0 Å². The molecule has 0 N–H and O–H groups in total. The second kappa shape index (κ2) is 8.97. The molecule has 0 fully saturated rings. The minimum atomic E-state index is -0.00227. The number of rotatable bonds is 6. The lowest BCUT2D eigenvalue weighted by atomic mass is 9.99. The van der Waals surface area contributed by atoms with Crippen LogP contribution in [0.15, 0.2) is 71.6 Å². The van der Waals surface area contributed by atoms with E-state index in [1.54, 1.807) is 11.8 Å². The summed E-state index contributed by atoms with van der Waals surface area (Å²) in [5, 5.41) is 1.39. The molecule has 0 amide bonds. The predicted octanol–water partition coefficient (Wildman–Crippen LogP) is 7.72. The van der Waals surface area contributed by atoms with Gasteiger partial charge in [0.2, 0.25) is 0 Å². The van der Waals surface area contributed by atoms with Gasteiger partial charge in [-0.15, -0.1) is 11.8 Å². The van der Waals surface area contributed by atoms with E-state index in [1.807, 2.05) is 73.7 Å².